The van der Waals surface area contributed by atoms with Crippen molar-refractivity contribution in [2.45, 2.75) is 25.5 Å². The number of aromatic amines is 1. The van der Waals surface area contributed by atoms with Crippen LogP contribution in [0.1, 0.15) is 28.0 Å². The van der Waals surface area contributed by atoms with Crippen molar-refractivity contribution < 1.29 is 23.0 Å². The molecule has 0 saturated carbocycles. The Balaban J connectivity index is 1.29. The number of nitrogens with zero attached hydrogens (tertiary/aromatic N) is 2. The maximum absolute atomic E-state index is 15.2. The maximum Gasteiger partial charge on any atom is 0.269 e. The molecule has 0 bridgehead atoms. The number of likely N-dealkylation sites (tertiary alicyclic amines) is 1. The fourth-order valence-corrected chi connectivity index (χ4v) is 4.38. The number of hydrogen-bond acceptors (Lipinski definition) is 6. The molecule has 5 rings (SSSR count). The van der Waals surface area contributed by atoms with Crippen molar-refractivity contribution in [1.82, 2.24) is 20.2 Å². The van der Waals surface area contributed by atoms with Crippen LogP contribution in [0, 0.1) is 11.8 Å². The number of benzene rings is 1. The summed E-state index contributed by atoms with van der Waals surface area (Å²) in [6.45, 7) is 1.84. The third-order valence-electron chi connectivity index (χ3n) is 6.04. The second kappa shape index (κ2) is 8.43. The summed E-state index contributed by atoms with van der Waals surface area (Å²) in [7, 11) is 1.44. The van der Waals surface area contributed by atoms with Gasteiger partial charge in [-0.2, -0.15) is 4.39 Å². The molecule has 1 atom stereocenters. The molecular weight excluding hydrogens is 434 g/mol. The van der Waals surface area contributed by atoms with E-state index in [2.05, 4.69) is 15.3 Å². The number of pyridine rings is 2. The van der Waals surface area contributed by atoms with Crippen LogP contribution in [0.4, 0.5) is 8.78 Å². The number of H-pyrrole nitrogens is 1. The zero-order valence-electron chi connectivity index (χ0n) is 17.9. The molecule has 2 aliphatic heterocycles. The highest BCUT2D eigenvalue weighted by atomic mass is 19.1. The van der Waals surface area contributed by atoms with Gasteiger partial charge in [0.15, 0.2) is 11.6 Å². The predicted octanol–water partition coefficient (Wildman–Crippen LogP) is 2.15. The first kappa shape index (κ1) is 21.3. The van der Waals surface area contributed by atoms with E-state index >= 15 is 4.39 Å². The van der Waals surface area contributed by atoms with Crippen LogP contribution in [0.25, 0.3) is 10.9 Å². The molecule has 1 aromatic carbocycles. The van der Waals surface area contributed by atoms with Crippen molar-refractivity contribution in [2.75, 3.05) is 26.7 Å². The van der Waals surface area contributed by atoms with E-state index in [1.165, 1.54) is 19.2 Å². The van der Waals surface area contributed by atoms with Crippen molar-refractivity contribution in [3.05, 3.63) is 63.2 Å². The Morgan fingerprint density at radius 2 is 2.18 bits per heavy atom. The zero-order valence-corrected chi connectivity index (χ0v) is 17.9. The molecule has 8 nitrogen and oxygen atoms in total. The van der Waals surface area contributed by atoms with Crippen LogP contribution in [0.3, 0.4) is 0 Å². The second-order valence-electron chi connectivity index (χ2n) is 8.15. The molecule has 4 heterocycles. The van der Waals surface area contributed by atoms with E-state index in [1.807, 2.05) is 4.90 Å². The number of carbonyl (C=O) groups is 1. The highest BCUT2D eigenvalue weighted by Gasteiger charge is 2.27. The molecule has 0 unspecified atom stereocenters. The Labute approximate surface area is 187 Å². The Morgan fingerprint density at radius 3 is 2.97 bits per heavy atom. The van der Waals surface area contributed by atoms with E-state index < -0.39 is 17.7 Å². The number of halogens is 2. The van der Waals surface area contributed by atoms with Gasteiger partial charge in [0.2, 0.25) is 0 Å². The zero-order chi connectivity index (χ0) is 23.1. The van der Waals surface area contributed by atoms with Gasteiger partial charge in [0.25, 0.3) is 17.4 Å². The smallest absolute Gasteiger partial charge is 0.269 e. The summed E-state index contributed by atoms with van der Waals surface area (Å²) in [5.41, 5.74) is 0.795. The number of hydrogen-bond donors (Lipinski definition) is 2. The van der Waals surface area contributed by atoms with Crippen LogP contribution in [0.5, 0.6) is 11.5 Å². The number of fused-ring (bicyclic) bond motifs is 3. The van der Waals surface area contributed by atoms with E-state index in [-0.39, 0.29) is 28.6 Å². The number of amides is 1. The van der Waals surface area contributed by atoms with Crippen LogP contribution >= 0.6 is 0 Å². The maximum atomic E-state index is 15.2. The lowest BCUT2D eigenvalue weighted by Gasteiger charge is -2.18. The molecule has 172 valence electrons. The first-order chi connectivity index (χ1) is 15.9. The molecule has 0 spiro atoms. The third-order valence-corrected chi connectivity index (χ3v) is 6.04. The molecule has 0 aliphatic carbocycles. The van der Waals surface area contributed by atoms with Crippen molar-refractivity contribution in [2.24, 2.45) is 0 Å². The Morgan fingerprint density at radius 1 is 1.33 bits per heavy atom. The average Bonchev–Trinajstić information content (AvgIpc) is 3.47. The summed E-state index contributed by atoms with van der Waals surface area (Å²) in [5.74, 6) is -1.38. The van der Waals surface area contributed by atoms with Gasteiger partial charge in [-0.15, -0.1) is 0 Å². The Bertz CT molecular complexity index is 1310. The van der Waals surface area contributed by atoms with Gasteiger partial charge in [0.1, 0.15) is 17.5 Å². The molecular formula is C23H22F2N4O4. The van der Waals surface area contributed by atoms with Crippen molar-refractivity contribution >= 4 is 16.8 Å². The molecule has 10 heteroatoms. The molecule has 33 heavy (non-hydrogen) atoms. The monoisotopic (exact) mass is 456 g/mol. The highest BCUT2D eigenvalue weighted by molar-refractivity contribution is 5.92. The molecule has 3 aromatic rings. The highest BCUT2D eigenvalue weighted by Crippen LogP contribution is 2.33. The topological polar surface area (TPSA) is 96.6 Å². The number of aromatic nitrogens is 2. The van der Waals surface area contributed by atoms with Crippen molar-refractivity contribution in [3.63, 3.8) is 0 Å². The average molecular weight is 456 g/mol. The lowest BCUT2D eigenvalue weighted by atomic mass is 10.1. The summed E-state index contributed by atoms with van der Waals surface area (Å²) >= 11 is 0. The minimum atomic E-state index is -0.853. The minimum absolute atomic E-state index is 0.0298. The van der Waals surface area contributed by atoms with Crippen LogP contribution in [0.15, 0.2) is 29.1 Å². The summed E-state index contributed by atoms with van der Waals surface area (Å²) in [6.07, 6.45) is 0.848. The van der Waals surface area contributed by atoms with E-state index in [1.54, 1.807) is 12.1 Å². The number of ether oxygens (including phenoxy) is 2. The van der Waals surface area contributed by atoms with Crippen LogP contribution < -0.4 is 20.3 Å². The number of nitrogens with one attached hydrogen (secondary N) is 2. The summed E-state index contributed by atoms with van der Waals surface area (Å²) in [5, 5.41) is 2.95. The quantitative estimate of drug-likeness (QED) is 0.572. The number of rotatable bonds is 5. The predicted molar refractivity (Wildman–Crippen MR) is 116 cm³/mol. The van der Waals surface area contributed by atoms with Crippen molar-refractivity contribution in [3.8, 4) is 11.5 Å². The van der Waals surface area contributed by atoms with E-state index in [9.17, 15) is 14.0 Å². The lowest BCUT2D eigenvalue weighted by molar-refractivity contribution is 0.0956. The molecule has 2 N–H and O–H groups in total. The van der Waals surface area contributed by atoms with Crippen LogP contribution in [0.2, 0.25) is 0 Å². The fraction of sp³-hybridized carbons (Fsp3) is 0.348. The van der Waals surface area contributed by atoms with E-state index in [4.69, 9.17) is 9.47 Å². The Hall–Kier alpha value is -3.53. The van der Waals surface area contributed by atoms with Gasteiger partial charge in [-0.25, -0.2) is 9.37 Å². The van der Waals surface area contributed by atoms with Gasteiger partial charge in [0.05, 0.1) is 17.7 Å². The van der Waals surface area contributed by atoms with Gasteiger partial charge >= 0.3 is 0 Å². The molecule has 1 saturated heterocycles. The van der Waals surface area contributed by atoms with E-state index in [0.29, 0.717) is 61.3 Å². The molecule has 1 amide bonds. The minimum Gasteiger partial charge on any atom is -0.492 e. The summed E-state index contributed by atoms with van der Waals surface area (Å²) < 4.78 is 40.8. The van der Waals surface area contributed by atoms with Gasteiger partial charge in [0, 0.05) is 44.1 Å². The molecule has 0 radical (unpaired) electrons. The normalized spacial score (nSPS) is 17.7. The Kier molecular flexibility index (Phi) is 5.45. The summed E-state index contributed by atoms with van der Waals surface area (Å²) in [4.78, 5) is 32.1. The fourth-order valence-electron chi connectivity index (χ4n) is 4.38. The molecule has 1 fully saturated rings. The van der Waals surface area contributed by atoms with Crippen LogP contribution in [-0.2, 0) is 13.0 Å². The van der Waals surface area contributed by atoms with Gasteiger partial charge in [-0.1, -0.05) is 6.07 Å². The van der Waals surface area contributed by atoms with Gasteiger partial charge < -0.3 is 19.8 Å². The first-order valence-corrected chi connectivity index (χ1v) is 10.7. The lowest BCUT2D eigenvalue weighted by Crippen LogP contribution is -2.25. The van der Waals surface area contributed by atoms with Gasteiger partial charge in [-0.05, 0) is 24.6 Å². The largest absolute Gasteiger partial charge is 0.492 e. The third kappa shape index (κ3) is 3.91. The SMILES string of the molecule is CNC(=O)c1ccc(O[C@@H]2CCN(Cc3ccc4c5c(c(=O)[nH]c4c3F)CCO5)C2)c(F)n1. The summed E-state index contributed by atoms with van der Waals surface area (Å²) in [6, 6.07) is 6.26. The van der Waals surface area contributed by atoms with E-state index in [0.717, 1.165) is 0 Å². The second-order valence-corrected chi connectivity index (χ2v) is 8.15. The first-order valence-electron chi connectivity index (χ1n) is 10.7. The van der Waals surface area contributed by atoms with Crippen LogP contribution in [-0.4, -0.2) is 53.6 Å². The van der Waals surface area contributed by atoms with Gasteiger partial charge in [-0.3, -0.25) is 14.5 Å². The van der Waals surface area contributed by atoms with Crippen molar-refractivity contribution in [1.29, 1.82) is 0 Å². The molecule has 2 aromatic heterocycles. The standard InChI is InChI=1S/C23H22F2N4O4/c1-26-23(31)16-4-5-17(21(25)27-16)33-13-6-8-29(11-13)10-12-2-3-14-19(18(12)24)28-22(30)15-7-9-32-20(14)15/h2-5,13H,6-11H2,1H3,(H,26,31)(H,28,30)/t13-/m1/s1. The molecule has 2 aliphatic rings. The number of carbonyl (C=O) groups excluding carboxylic acids is 1.